The van der Waals surface area contributed by atoms with Crippen LogP contribution in [0, 0.1) is 13.8 Å². The minimum atomic E-state index is -1.23. The summed E-state index contributed by atoms with van der Waals surface area (Å²) in [5.74, 6) is 0. The molecule has 1 atom stereocenters. The summed E-state index contributed by atoms with van der Waals surface area (Å²) in [5, 5.41) is 17.5. The van der Waals surface area contributed by atoms with E-state index in [1.165, 1.54) is 0 Å². The molecule has 0 aliphatic rings. The smallest absolute Gasteiger partial charge is 0.0488 e. The van der Waals surface area contributed by atoms with Crippen LogP contribution in [0.4, 0.5) is 0 Å². The monoisotopic (exact) mass is 116 g/mol. The fourth-order valence-corrected chi connectivity index (χ4v) is 0.550. The zero-order valence-corrected chi connectivity index (χ0v) is 5.09. The summed E-state index contributed by atoms with van der Waals surface area (Å²) in [6, 6.07) is 0. The normalized spacial score (nSPS) is 16.1. The van der Waals surface area contributed by atoms with Gasteiger partial charge in [0.15, 0.2) is 0 Å². The maximum atomic E-state index is 8.81. The van der Waals surface area contributed by atoms with Crippen LogP contribution in [0.25, 0.3) is 0 Å². The van der Waals surface area contributed by atoms with Crippen LogP contribution in [-0.2, 0) is 0 Å². The molecule has 0 fully saturated rings. The highest BCUT2D eigenvalue weighted by atomic mass is 16.3. The first-order chi connectivity index (χ1) is 3.42. The van der Waals surface area contributed by atoms with Crippen LogP contribution < -0.4 is 0 Å². The van der Waals surface area contributed by atoms with Crippen LogP contribution in [0.1, 0.15) is 13.3 Å². The maximum Gasteiger partial charge on any atom is 0.0488 e. The minimum absolute atomic E-state index is 0.215. The van der Waals surface area contributed by atoms with Gasteiger partial charge in [-0.1, -0.05) is 6.42 Å². The predicted molar refractivity (Wildman–Crippen MR) is 32.0 cm³/mol. The van der Waals surface area contributed by atoms with Gasteiger partial charge < -0.3 is 24.1 Å². The highest BCUT2D eigenvalue weighted by Gasteiger charge is 2.00. The molecule has 0 bridgehead atoms. The molecule has 0 aliphatic heterocycles. The van der Waals surface area contributed by atoms with Gasteiger partial charge in [-0.2, -0.15) is 5.60 Å². The van der Waals surface area contributed by atoms with E-state index in [-0.39, 0.29) is 6.42 Å². The van der Waals surface area contributed by atoms with Gasteiger partial charge >= 0.3 is 0 Å². The SMILES string of the molecule is [CH2-]C([CH2-])(O)C[C@H](C)O. The molecule has 2 N–H and O–H groups in total. The van der Waals surface area contributed by atoms with Gasteiger partial charge in [-0.3, -0.25) is 0 Å². The zero-order chi connectivity index (χ0) is 6.78. The average Bonchev–Trinajstić information content (AvgIpc) is 1.21. The van der Waals surface area contributed by atoms with Crippen LogP contribution in [0.15, 0.2) is 0 Å². The van der Waals surface area contributed by atoms with Crippen LogP contribution in [0.3, 0.4) is 0 Å². The Kier molecular flexibility index (Phi) is 2.44. The van der Waals surface area contributed by atoms with E-state index in [0.717, 1.165) is 0 Å². The van der Waals surface area contributed by atoms with E-state index in [1.54, 1.807) is 6.92 Å². The van der Waals surface area contributed by atoms with Crippen LogP contribution in [-0.4, -0.2) is 21.9 Å². The van der Waals surface area contributed by atoms with E-state index in [4.69, 9.17) is 10.2 Å². The maximum absolute atomic E-state index is 8.81. The van der Waals surface area contributed by atoms with Crippen molar-refractivity contribution in [2.75, 3.05) is 0 Å². The summed E-state index contributed by atoms with van der Waals surface area (Å²) in [4.78, 5) is 0. The van der Waals surface area contributed by atoms with Crippen LogP contribution in [0.5, 0.6) is 0 Å². The number of hydrogen-bond donors (Lipinski definition) is 2. The minimum Gasteiger partial charge on any atom is -0.453 e. The predicted octanol–water partition coefficient (Wildman–Crippen LogP) is 0.157. The molecule has 0 spiro atoms. The Labute approximate surface area is 50.2 Å². The van der Waals surface area contributed by atoms with Gasteiger partial charge in [-0.05, 0) is 6.92 Å². The summed E-state index contributed by atoms with van der Waals surface area (Å²) in [6.07, 6.45) is -0.317. The molecule has 0 radical (unpaired) electrons. The molecule has 0 rings (SSSR count). The molecule has 0 unspecified atom stereocenters. The van der Waals surface area contributed by atoms with Crippen molar-refractivity contribution in [2.24, 2.45) is 0 Å². The third kappa shape index (κ3) is 5.92. The van der Waals surface area contributed by atoms with Gasteiger partial charge in [0.2, 0.25) is 0 Å². The molecular formula is C6H12O2-2. The van der Waals surface area contributed by atoms with E-state index in [1.807, 2.05) is 0 Å². The molecule has 0 aliphatic carbocycles. The topological polar surface area (TPSA) is 40.5 Å². The first kappa shape index (κ1) is 7.92. The molecule has 0 saturated heterocycles. The van der Waals surface area contributed by atoms with Crippen molar-refractivity contribution in [2.45, 2.75) is 25.0 Å². The number of hydrogen-bond acceptors (Lipinski definition) is 2. The van der Waals surface area contributed by atoms with Gasteiger partial charge in [0, 0.05) is 6.10 Å². The third-order valence-electron chi connectivity index (χ3n) is 0.675. The molecule has 0 saturated carbocycles. The lowest BCUT2D eigenvalue weighted by Crippen LogP contribution is -2.24. The van der Waals surface area contributed by atoms with Gasteiger partial charge in [0.1, 0.15) is 0 Å². The first-order valence-electron chi connectivity index (χ1n) is 2.53. The first-order valence-corrected chi connectivity index (χ1v) is 2.53. The highest BCUT2D eigenvalue weighted by molar-refractivity contribution is 4.84. The van der Waals surface area contributed by atoms with Crippen LogP contribution in [0.2, 0.25) is 0 Å². The fourth-order valence-electron chi connectivity index (χ4n) is 0.550. The second-order valence-corrected chi connectivity index (χ2v) is 2.28. The second kappa shape index (κ2) is 2.46. The zero-order valence-electron chi connectivity index (χ0n) is 5.09. The molecule has 0 heterocycles. The highest BCUT2D eigenvalue weighted by Crippen LogP contribution is 2.08. The van der Waals surface area contributed by atoms with Crippen molar-refractivity contribution in [1.82, 2.24) is 0 Å². The largest absolute Gasteiger partial charge is 0.453 e. The lowest BCUT2D eigenvalue weighted by molar-refractivity contribution is 0.0646. The molecule has 0 aromatic carbocycles. The van der Waals surface area contributed by atoms with E-state index in [0.29, 0.717) is 0 Å². The number of aliphatic hydroxyl groups excluding tert-OH is 1. The Morgan fingerprint density at radius 3 is 2.00 bits per heavy atom. The quantitative estimate of drug-likeness (QED) is 0.504. The van der Waals surface area contributed by atoms with E-state index < -0.39 is 11.7 Å². The van der Waals surface area contributed by atoms with Crippen LogP contribution >= 0.6 is 0 Å². The van der Waals surface area contributed by atoms with Gasteiger partial charge in [0.05, 0.1) is 0 Å². The Hall–Kier alpha value is -0.0800. The summed E-state index contributed by atoms with van der Waals surface area (Å²) >= 11 is 0. The summed E-state index contributed by atoms with van der Waals surface area (Å²) in [5.41, 5.74) is -1.23. The van der Waals surface area contributed by atoms with Crippen molar-refractivity contribution in [3.05, 3.63) is 13.8 Å². The molecule has 2 nitrogen and oxygen atoms in total. The van der Waals surface area contributed by atoms with Gasteiger partial charge in [-0.15, -0.1) is 0 Å². The molecule has 2 heteroatoms. The lowest BCUT2D eigenvalue weighted by atomic mass is 10.0. The molecular weight excluding hydrogens is 104 g/mol. The van der Waals surface area contributed by atoms with Gasteiger partial charge in [0.25, 0.3) is 0 Å². The molecule has 50 valence electrons. The Balaban J connectivity index is 3.39. The van der Waals surface area contributed by atoms with E-state index in [9.17, 15) is 0 Å². The van der Waals surface area contributed by atoms with Crippen molar-refractivity contribution >= 4 is 0 Å². The third-order valence-corrected chi connectivity index (χ3v) is 0.675. The number of rotatable bonds is 2. The number of aliphatic hydroxyl groups is 2. The van der Waals surface area contributed by atoms with Crippen molar-refractivity contribution in [3.63, 3.8) is 0 Å². The second-order valence-electron chi connectivity index (χ2n) is 2.28. The average molecular weight is 116 g/mol. The summed E-state index contributed by atoms with van der Waals surface area (Å²) in [6.45, 7) is 8.17. The molecule has 0 aromatic rings. The standard InChI is InChI=1S/C6H12O2/c1-5(7)4-6(2,3)8/h5,7-8H,2-4H2,1H3/q-2/t5-/m0/s1. The van der Waals surface area contributed by atoms with Crippen molar-refractivity contribution < 1.29 is 10.2 Å². The lowest BCUT2D eigenvalue weighted by Gasteiger charge is -2.34. The Morgan fingerprint density at radius 1 is 1.62 bits per heavy atom. The fraction of sp³-hybridized carbons (Fsp3) is 0.667. The summed E-state index contributed by atoms with van der Waals surface area (Å²) < 4.78 is 0. The van der Waals surface area contributed by atoms with E-state index in [2.05, 4.69) is 13.8 Å². The molecule has 8 heavy (non-hydrogen) atoms. The van der Waals surface area contributed by atoms with Crippen molar-refractivity contribution in [1.29, 1.82) is 0 Å². The molecule has 0 aromatic heterocycles. The molecule has 0 amide bonds. The van der Waals surface area contributed by atoms with Gasteiger partial charge in [-0.25, -0.2) is 0 Å². The van der Waals surface area contributed by atoms with Crippen molar-refractivity contribution in [3.8, 4) is 0 Å². The summed E-state index contributed by atoms with van der Waals surface area (Å²) in [7, 11) is 0. The van der Waals surface area contributed by atoms with E-state index >= 15 is 0 Å². The Morgan fingerprint density at radius 2 is 2.00 bits per heavy atom. The Bertz CT molecular complexity index is 61.4.